The molecule has 2 heterocycles. The summed E-state index contributed by atoms with van der Waals surface area (Å²) in [6.07, 6.45) is 2.54. The van der Waals surface area contributed by atoms with E-state index in [1.165, 1.54) is 18.4 Å². The summed E-state index contributed by atoms with van der Waals surface area (Å²) in [5, 5.41) is 12.0. The van der Waals surface area contributed by atoms with E-state index in [9.17, 15) is 4.79 Å². The van der Waals surface area contributed by atoms with Crippen molar-refractivity contribution in [1.82, 2.24) is 25.2 Å². The maximum absolute atomic E-state index is 12.7. The lowest BCUT2D eigenvalue weighted by Gasteiger charge is -2.35. The Bertz CT molecular complexity index is 813. The molecule has 6 nitrogen and oxygen atoms in total. The number of aromatic nitrogens is 3. The zero-order chi connectivity index (χ0) is 19.6. The molecular formula is C21H31N5O. The summed E-state index contributed by atoms with van der Waals surface area (Å²) in [6.45, 7) is 13.2. The SMILES string of the molecule is Cc1ccc(-n2nc(C)c(C(=O)NC[C@H](C)N3CCC[C@H](C)C3)n2)c(C)c1. The van der Waals surface area contributed by atoms with Crippen LogP contribution in [0.5, 0.6) is 0 Å². The van der Waals surface area contributed by atoms with Crippen LogP contribution in [-0.2, 0) is 0 Å². The standard InChI is InChI=1S/C21H31N5O/c1-14-8-9-19(16(3)11-14)26-23-18(5)20(24-26)21(27)22-12-17(4)25-10-6-7-15(2)13-25/h8-9,11,15,17H,6-7,10,12-13H2,1-5H3,(H,22,27)/t15-,17-/m0/s1. The molecule has 2 aromatic rings. The van der Waals surface area contributed by atoms with E-state index >= 15 is 0 Å². The molecule has 0 saturated carbocycles. The molecule has 27 heavy (non-hydrogen) atoms. The molecule has 1 saturated heterocycles. The highest BCUT2D eigenvalue weighted by Gasteiger charge is 2.22. The predicted molar refractivity (Wildman–Crippen MR) is 107 cm³/mol. The number of likely N-dealkylation sites (tertiary alicyclic amines) is 1. The van der Waals surface area contributed by atoms with E-state index in [-0.39, 0.29) is 5.91 Å². The largest absolute Gasteiger partial charge is 0.349 e. The van der Waals surface area contributed by atoms with Crippen LogP contribution in [0.15, 0.2) is 18.2 Å². The van der Waals surface area contributed by atoms with Gasteiger partial charge in [0.15, 0.2) is 5.69 Å². The number of nitrogens with one attached hydrogen (secondary N) is 1. The highest BCUT2D eigenvalue weighted by molar-refractivity contribution is 5.93. The van der Waals surface area contributed by atoms with Crippen molar-refractivity contribution < 1.29 is 4.79 Å². The van der Waals surface area contributed by atoms with Crippen molar-refractivity contribution in [2.75, 3.05) is 19.6 Å². The highest BCUT2D eigenvalue weighted by Crippen LogP contribution is 2.18. The minimum absolute atomic E-state index is 0.152. The van der Waals surface area contributed by atoms with Crippen molar-refractivity contribution >= 4 is 5.91 Å². The first-order valence-corrected chi connectivity index (χ1v) is 9.89. The van der Waals surface area contributed by atoms with Gasteiger partial charge in [-0.25, -0.2) is 0 Å². The minimum atomic E-state index is -0.152. The Morgan fingerprint density at radius 3 is 2.78 bits per heavy atom. The van der Waals surface area contributed by atoms with Crippen molar-refractivity contribution in [2.45, 2.75) is 53.5 Å². The molecule has 0 aliphatic carbocycles. The van der Waals surface area contributed by atoms with E-state index in [4.69, 9.17) is 0 Å². The van der Waals surface area contributed by atoms with Gasteiger partial charge in [0.05, 0.1) is 11.4 Å². The Balaban J connectivity index is 1.66. The molecule has 146 valence electrons. The van der Waals surface area contributed by atoms with Gasteiger partial charge < -0.3 is 5.32 Å². The average Bonchev–Trinajstić information content (AvgIpc) is 3.01. The molecule has 3 rings (SSSR count). The number of aryl methyl sites for hydroxylation is 3. The van der Waals surface area contributed by atoms with Gasteiger partial charge in [-0.3, -0.25) is 9.69 Å². The average molecular weight is 370 g/mol. The van der Waals surface area contributed by atoms with Crippen LogP contribution in [0.25, 0.3) is 5.69 Å². The smallest absolute Gasteiger partial charge is 0.273 e. The number of piperidine rings is 1. The lowest BCUT2D eigenvalue weighted by atomic mass is 9.99. The number of hydrogen-bond acceptors (Lipinski definition) is 4. The second-order valence-electron chi connectivity index (χ2n) is 8.01. The van der Waals surface area contributed by atoms with Gasteiger partial charge in [-0.05, 0) is 64.6 Å². The van der Waals surface area contributed by atoms with E-state index in [2.05, 4.69) is 47.3 Å². The topological polar surface area (TPSA) is 63.1 Å². The van der Waals surface area contributed by atoms with E-state index in [0.29, 0.717) is 24.0 Å². The third-order valence-electron chi connectivity index (χ3n) is 5.43. The Kier molecular flexibility index (Phi) is 5.95. The number of amides is 1. The van der Waals surface area contributed by atoms with Crippen molar-refractivity contribution in [1.29, 1.82) is 0 Å². The second-order valence-corrected chi connectivity index (χ2v) is 8.01. The number of benzene rings is 1. The number of hydrogen-bond donors (Lipinski definition) is 1. The van der Waals surface area contributed by atoms with E-state index in [1.54, 1.807) is 4.80 Å². The number of carbonyl (C=O) groups excluding carboxylic acids is 1. The molecule has 2 atom stereocenters. The first-order valence-electron chi connectivity index (χ1n) is 9.89. The third kappa shape index (κ3) is 4.56. The van der Waals surface area contributed by atoms with Crippen LogP contribution < -0.4 is 5.32 Å². The summed E-state index contributed by atoms with van der Waals surface area (Å²) >= 11 is 0. The first kappa shape index (κ1) is 19.5. The fraction of sp³-hybridized carbons (Fsp3) is 0.571. The quantitative estimate of drug-likeness (QED) is 0.880. The maximum atomic E-state index is 12.7. The van der Waals surface area contributed by atoms with Gasteiger partial charge in [0, 0.05) is 19.1 Å². The number of nitrogens with zero attached hydrogens (tertiary/aromatic N) is 4. The van der Waals surface area contributed by atoms with Crippen molar-refractivity contribution in [3.63, 3.8) is 0 Å². The van der Waals surface area contributed by atoms with Gasteiger partial charge in [0.1, 0.15) is 0 Å². The molecule has 0 radical (unpaired) electrons. The molecule has 1 N–H and O–H groups in total. The van der Waals surface area contributed by atoms with Crippen LogP contribution in [0.4, 0.5) is 0 Å². The van der Waals surface area contributed by atoms with Crippen LogP contribution >= 0.6 is 0 Å². The van der Waals surface area contributed by atoms with Gasteiger partial charge in [-0.15, -0.1) is 5.10 Å². The molecule has 1 aromatic heterocycles. The fourth-order valence-corrected chi connectivity index (χ4v) is 3.81. The van der Waals surface area contributed by atoms with Gasteiger partial charge >= 0.3 is 0 Å². The molecule has 6 heteroatoms. The van der Waals surface area contributed by atoms with Crippen molar-refractivity contribution in [3.05, 3.63) is 40.7 Å². The molecule has 1 aliphatic heterocycles. The van der Waals surface area contributed by atoms with Crippen molar-refractivity contribution in [2.24, 2.45) is 5.92 Å². The van der Waals surface area contributed by atoms with Crippen LogP contribution in [0.1, 0.15) is 54.0 Å². The molecule has 1 aromatic carbocycles. The van der Waals surface area contributed by atoms with Crippen LogP contribution in [0.2, 0.25) is 0 Å². The molecule has 1 amide bonds. The minimum Gasteiger partial charge on any atom is -0.349 e. The zero-order valence-corrected chi connectivity index (χ0v) is 17.1. The lowest BCUT2D eigenvalue weighted by Crippen LogP contribution is -2.46. The van der Waals surface area contributed by atoms with E-state index < -0.39 is 0 Å². The molecule has 1 aliphatic rings. The lowest BCUT2D eigenvalue weighted by molar-refractivity contribution is 0.0911. The van der Waals surface area contributed by atoms with Gasteiger partial charge in [0.25, 0.3) is 5.91 Å². The molecule has 0 spiro atoms. The van der Waals surface area contributed by atoms with Crippen LogP contribution in [0.3, 0.4) is 0 Å². The normalized spacial score (nSPS) is 19.1. The van der Waals surface area contributed by atoms with E-state index in [0.717, 1.165) is 30.3 Å². The highest BCUT2D eigenvalue weighted by atomic mass is 16.2. The predicted octanol–water partition coefficient (Wildman–Crippen LogP) is 3.04. The Morgan fingerprint density at radius 1 is 1.30 bits per heavy atom. The molecule has 1 fully saturated rings. The number of carbonyl (C=O) groups is 1. The monoisotopic (exact) mass is 369 g/mol. The Labute approximate surface area is 161 Å². The first-order chi connectivity index (χ1) is 12.8. The fourth-order valence-electron chi connectivity index (χ4n) is 3.81. The summed E-state index contributed by atoms with van der Waals surface area (Å²) in [6, 6.07) is 6.44. The maximum Gasteiger partial charge on any atom is 0.273 e. The third-order valence-corrected chi connectivity index (χ3v) is 5.43. The van der Waals surface area contributed by atoms with Gasteiger partial charge in [-0.1, -0.05) is 24.6 Å². The Morgan fingerprint density at radius 2 is 2.07 bits per heavy atom. The molecule has 0 bridgehead atoms. The van der Waals surface area contributed by atoms with Gasteiger partial charge in [0.2, 0.25) is 0 Å². The Hall–Kier alpha value is -2.21. The van der Waals surface area contributed by atoms with Crippen molar-refractivity contribution in [3.8, 4) is 5.69 Å². The summed E-state index contributed by atoms with van der Waals surface area (Å²) in [5.74, 6) is 0.581. The summed E-state index contributed by atoms with van der Waals surface area (Å²) in [4.78, 5) is 16.7. The van der Waals surface area contributed by atoms with Crippen LogP contribution in [0, 0.1) is 26.7 Å². The zero-order valence-electron chi connectivity index (χ0n) is 17.1. The molecular weight excluding hydrogens is 338 g/mol. The second kappa shape index (κ2) is 8.21. The van der Waals surface area contributed by atoms with Gasteiger partial charge in [-0.2, -0.15) is 9.90 Å². The summed E-state index contributed by atoms with van der Waals surface area (Å²) < 4.78 is 0. The molecule has 0 unspecified atom stereocenters. The summed E-state index contributed by atoms with van der Waals surface area (Å²) in [5.41, 5.74) is 4.23. The van der Waals surface area contributed by atoms with E-state index in [1.807, 2.05) is 26.0 Å². The number of rotatable bonds is 5. The summed E-state index contributed by atoms with van der Waals surface area (Å²) in [7, 11) is 0. The van der Waals surface area contributed by atoms with Crippen LogP contribution in [-0.4, -0.2) is 51.5 Å².